The molecule has 7 nitrogen and oxygen atoms in total. The van der Waals surface area contributed by atoms with E-state index < -0.39 is 5.82 Å². The first kappa shape index (κ1) is 22.7. The van der Waals surface area contributed by atoms with Crippen LogP contribution in [0.15, 0.2) is 48.5 Å². The van der Waals surface area contributed by atoms with Crippen LogP contribution >= 0.6 is 0 Å². The highest BCUT2D eigenvalue weighted by molar-refractivity contribution is 6.01. The number of hydrogen-bond donors (Lipinski definition) is 3. The summed E-state index contributed by atoms with van der Waals surface area (Å²) in [6.07, 6.45) is 3.17. The van der Waals surface area contributed by atoms with Gasteiger partial charge in [0.25, 0.3) is 0 Å². The summed E-state index contributed by atoms with van der Waals surface area (Å²) in [7, 11) is 0. The number of aromatic hydroxyl groups is 1. The van der Waals surface area contributed by atoms with Crippen molar-refractivity contribution in [3.63, 3.8) is 0 Å². The van der Waals surface area contributed by atoms with E-state index in [2.05, 4.69) is 22.0 Å². The molecule has 0 amide bonds. The van der Waals surface area contributed by atoms with E-state index in [1.807, 2.05) is 30.3 Å². The SMILES string of the molecule is CCC1(N)CN(c2nc(N3CC4CCC(C3)N4)c3ccc(-c4cc(O)cc5ccccc45)c(F)c3n2)C1. The van der Waals surface area contributed by atoms with Gasteiger partial charge in [0.15, 0.2) is 5.82 Å². The van der Waals surface area contributed by atoms with Crippen LogP contribution in [0, 0.1) is 5.82 Å². The van der Waals surface area contributed by atoms with E-state index in [9.17, 15) is 5.11 Å². The number of piperazine rings is 1. The molecule has 0 saturated carbocycles. The molecule has 3 aliphatic rings. The predicted octanol–water partition coefficient (Wildman–Crippen LogP) is 4.16. The highest BCUT2D eigenvalue weighted by Gasteiger charge is 2.40. The molecule has 2 atom stereocenters. The topological polar surface area (TPSA) is 90.5 Å². The number of aromatic nitrogens is 2. The van der Waals surface area contributed by atoms with Crippen LogP contribution in [0.4, 0.5) is 16.2 Å². The number of benzene rings is 3. The summed E-state index contributed by atoms with van der Waals surface area (Å²) in [5.74, 6) is 1.02. The first-order valence-electron chi connectivity index (χ1n) is 13.2. The lowest BCUT2D eigenvalue weighted by Gasteiger charge is -2.47. The number of phenols is 1. The summed E-state index contributed by atoms with van der Waals surface area (Å²) in [6, 6.07) is 15.6. The van der Waals surface area contributed by atoms with E-state index in [4.69, 9.17) is 15.7 Å². The van der Waals surface area contributed by atoms with Crippen molar-refractivity contribution in [2.24, 2.45) is 5.73 Å². The Kier molecular flexibility index (Phi) is 5.07. The summed E-state index contributed by atoms with van der Waals surface area (Å²) in [4.78, 5) is 14.1. The van der Waals surface area contributed by atoms with Crippen LogP contribution in [-0.4, -0.2) is 58.9 Å². The molecule has 4 aromatic rings. The van der Waals surface area contributed by atoms with Gasteiger partial charge in [-0.1, -0.05) is 37.3 Å². The van der Waals surface area contributed by atoms with E-state index in [1.165, 1.54) is 0 Å². The second-order valence-corrected chi connectivity index (χ2v) is 11.0. The number of phenolic OH excluding ortho intramolecular Hbond substituents is 1. The normalized spacial score (nSPS) is 22.6. The van der Waals surface area contributed by atoms with Crippen molar-refractivity contribution in [1.29, 1.82) is 0 Å². The zero-order chi connectivity index (χ0) is 25.3. The molecule has 0 radical (unpaired) electrons. The van der Waals surface area contributed by atoms with E-state index in [-0.39, 0.29) is 11.3 Å². The van der Waals surface area contributed by atoms with Crippen molar-refractivity contribution in [2.45, 2.75) is 43.8 Å². The van der Waals surface area contributed by atoms with Gasteiger partial charge in [-0.3, -0.25) is 0 Å². The molecule has 4 heterocycles. The van der Waals surface area contributed by atoms with Crippen LogP contribution < -0.4 is 20.9 Å². The van der Waals surface area contributed by atoms with Crippen LogP contribution in [0.3, 0.4) is 0 Å². The van der Waals surface area contributed by atoms with Crippen LogP contribution in [0.25, 0.3) is 32.8 Å². The first-order chi connectivity index (χ1) is 17.9. The Hall–Kier alpha value is -3.49. The molecular formula is C29H31FN6O. The number of hydrogen-bond acceptors (Lipinski definition) is 7. The minimum absolute atomic E-state index is 0.105. The zero-order valence-corrected chi connectivity index (χ0v) is 20.9. The van der Waals surface area contributed by atoms with Crippen LogP contribution in [0.5, 0.6) is 5.75 Å². The molecule has 2 unspecified atom stereocenters. The van der Waals surface area contributed by atoms with Crippen molar-refractivity contribution < 1.29 is 9.50 Å². The Morgan fingerprint density at radius 1 is 1.00 bits per heavy atom. The van der Waals surface area contributed by atoms with Crippen molar-refractivity contribution in [1.82, 2.24) is 15.3 Å². The third kappa shape index (κ3) is 3.69. The minimum Gasteiger partial charge on any atom is -0.508 e. The Labute approximate surface area is 215 Å². The molecule has 4 N–H and O–H groups in total. The average molecular weight is 499 g/mol. The molecule has 190 valence electrons. The van der Waals surface area contributed by atoms with E-state index in [1.54, 1.807) is 18.2 Å². The average Bonchev–Trinajstić information content (AvgIpc) is 3.23. The largest absolute Gasteiger partial charge is 0.508 e. The molecular weight excluding hydrogens is 467 g/mol. The van der Waals surface area contributed by atoms with Gasteiger partial charge in [-0.25, -0.2) is 9.37 Å². The van der Waals surface area contributed by atoms with Crippen molar-refractivity contribution >= 4 is 33.4 Å². The Balaban J connectivity index is 1.41. The van der Waals surface area contributed by atoms with Gasteiger partial charge in [-0.2, -0.15) is 4.98 Å². The fourth-order valence-corrected chi connectivity index (χ4v) is 6.29. The molecule has 0 aliphatic carbocycles. The fraction of sp³-hybridized carbons (Fsp3) is 0.379. The number of nitrogens with zero attached hydrogens (tertiary/aromatic N) is 4. The van der Waals surface area contributed by atoms with Crippen LogP contribution in [-0.2, 0) is 0 Å². The highest BCUT2D eigenvalue weighted by Crippen LogP contribution is 2.39. The molecule has 1 aromatic heterocycles. The van der Waals surface area contributed by atoms with Gasteiger partial charge >= 0.3 is 0 Å². The molecule has 3 aromatic carbocycles. The quantitative estimate of drug-likeness (QED) is 0.389. The molecule has 3 aliphatic heterocycles. The Morgan fingerprint density at radius 3 is 2.51 bits per heavy atom. The maximum absolute atomic E-state index is 16.5. The number of fused-ring (bicyclic) bond motifs is 4. The van der Waals surface area contributed by atoms with E-state index >= 15 is 4.39 Å². The van der Waals surface area contributed by atoms with Gasteiger partial charge in [0.05, 0.1) is 5.54 Å². The maximum atomic E-state index is 16.5. The standard InChI is InChI=1S/C29H31FN6O/c1-2-29(31)15-36(16-29)28-33-26-23(27(34-28)35-13-18-7-8-19(14-35)32-18)10-9-22(25(26)30)24-12-20(37)11-17-5-3-4-6-21(17)24/h3-6,9-12,18-19,32,37H,2,7-8,13-16,31H2,1H3. The summed E-state index contributed by atoms with van der Waals surface area (Å²) >= 11 is 0. The van der Waals surface area contributed by atoms with Crippen molar-refractivity contribution in [2.75, 3.05) is 36.0 Å². The molecule has 2 bridgehead atoms. The maximum Gasteiger partial charge on any atom is 0.228 e. The number of halogens is 1. The van der Waals surface area contributed by atoms with Crippen LogP contribution in [0.2, 0.25) is 0 Å². The molecule has 3 fully saturated rings. The lowest BCUT2D eigenvalue weighted by molar-refractivity contribution is 0.318. The van der Waals surface area contributed by atoms with Gasteiger partial charge < -0.3 is 26.0 Å². The van der Waals surface area contributed by atoms with Crippen molar-refractivity contribution in [3.05, 3.63) is 54.3 Å². The first-order valence-corrected chi connectivity index (χ1v) is 13.2. The van der Waals surface area contributed by atoms with Gasteiger partial charge in [0.1, 0.15) is 17.1 Å². The lowest BCUT2D eigenvalue weighted by Crippen LogP contribution is -2.67. The summed E-state index contributed by atoms with van der Waals surface area (Å²) in [5, 5.41) is 16.5. The number of rotatable bonds is 4. The van der Waals surface area contributed by atoms with E-state index in [0.29, 0.717) is 53.2 Å². The Bertz CT molecular complexity index is 1520. The summed E-state index contributed by atoms with van der Waals surface area (Å²) in [5.41, 5.74) is 7.57. The second kappa shape index (κ2) is 8.26. The van der Waals surface area contributed by atoms with Crippen molar-refractivity contribution in [3.8, 4) is 16.9 Å². The minimum atomic E-state index is -0.397. The predicted molar refractivity (Wildman–Crippen MR) is 146 cm³/mol. The monoisotopic (exact) mass is 498 g/mol. The number of anilines is 2. The second-order valence-electron chi connectivity index (χ2n) is 11.0. The smallest absolute Gasteiger partial charge is 0.228 e. The number of nitrogens with one attached hydrogen (secondary N) is 1. The summed E-state index contributed by atoms with van der Waals surface area (Å²) in [6.45, 7) is 5.09. The lowest BCUT2D eigenvalue weighted by atomic mass is 9.89. The number of nitrogens with two attached hydrogens (primary N) is 1. The third-order valence-electron chi connectivity index (χ3n) is 8.43. The van der Waals surface area contributed by atoms with Gasteiger partial charge in [0.2, 0.25) is 5.95 Å². The molecule has 8 heteroatoms. The molecule has 37 heavy (non-hydrogen) atoms. The molecule has 0 spiro atoms. The third-order valence-corrected chi connectivity index (χ3v) is 8.43. The fourth-order valence-electron chi connectivity index (χ4n) is 6.29. The van der Waals surface area contributed by atoms with Gasteiger partial charge in [0, 0.05) is 49.2 Å². The van der Waals surface area contributed by atoms with Gasteiger partial charge in [-0.05, 0) is 53.8 Å². The van der Waals surface area contributed by atoms with Crippen LogP contribution in [0.1, 0.15) is 26.2 Å². The van der Waals surface area contributed by atoms with Gasteiger partial charge in [-0.15, -0.1) is 0 Å². The summed E-state index contributed by atoms with van der Waals surface area (Å²) < 4.78 is 16.5. The molecule has 3 saturated heterocycles. The molecule has 7 rings (SSSR count). The zero-order valence-electron chi connectivity index (χ0n) is 20.9. The van der Waals surface area contributed by atoms with E-state index in [0.717, 1.165) is 48.9 Å². The Morgan fingerprint density at radius 2 is 1.76 bits per heavy atom. The highest BCUT2D eigenvalue weighted by atomic mass is 19.1.